The molecule has 2 aromatic rings. The molecule has 25 heavy (non-hydrogen) atoms. The Morgan fingerprint density at radius 1 is 1.16 bits per heavy atom. The van der Waals surface area contributed by atoms with Gasteiger partial charge in [0.2, 0.25) is 5.91 Å². The first kappa shape index (κ1) is 18.6. The van der Waals surface area contributed by atoms with Crippen molar-refractivity contribution in [1.82, 2.24) is 20.4 Å². The Morgan fingerprint density at radius 3 is 2.40 bits per heavy atom. The van der Waals surface area contributed by atoms with Crippen LogP contribution in [0.2, 0.25) is 0 Å². The zero-order valence-corrected chi connectivity index (χ0v) is 14.9. The van der Waals surface area contributed by atoms with E-state index in [2.05, 4.69) is 15.5 Å². The maximum Gasteiger partial charge on any atom is 0.257 e. The van der Waals surface area contributed by atoms with Crippen molar-refractivity contribution in [2.45, 2.75) is 33.6 Å². The van der Waals surface area contributed by atoms with Crippen molar-refractivity contribution >= 4 is 11.8 Å². The molecule has 0 fully saturated rings. The Kier molecular flexibility index (Phi) is 6.68. The van der Waals surface area contributed by atoms with Crippen molar-refractivity contribution in [2.75, 3.05) is 19.6 Å². The van der Waals surface area contributed by atoms with Gasteiger partial charge in [-0.3, -0.25) is 9.59 Å². The molecule has 0 atom stereocenters. The topological polar surface area (TPSA) is 88.3 Å². The summed E-state index contributed by atoms with van der Waals surface area (Å²) in [4.78, 5) is 30.0. The molecule has 2 amide bonds. The van der Waals surface area contributed by atoms with Gasteiger partial charge in [-0.15, -0.1) is 0 Å². The van der Waals surface area contributed by atoms with Gasteiger partial charge in [-0.1, -0.05) is 5.16 Å². The number of amides is 2. The average Bonchev–Trinajstić information content (AvgIpc) is 3.06. The number of rotatable bonds is 8. The quantitative estimate of drug-likeness (QED) is 0.743. The number of nitrogens with one attached hydrogen (secondary N) is 1. The van der Waals surface area contributed by atoms with Crippen LogP contribution >= 0.6 is 0 Å². The summed E-state index contributed by atoms with van der Waals surface area (Å²) in [6.45, 7) is 7.57. The van der Waals surface area contributed by atoms with Crippen molar-refractivity contribution in [1.29, 1.82) is 0 Å². The van der Waals surface area contributed by atoms with Crippen LogP contribution in [0.15, 0.2) is 28.8 Å². The lowest BCUT2D eigenvalue weighted by molar-refractivity contribution is -0.130. The molecule has 7 nitrogen and oxygen atoms in total. The Labute approximate surface area is 147 Å². The second-order valence-electron chi connectivity index (χ2n) is 5.65. The molecule has 0 saturated carbocycles. The number of benzene rings is 1. The van der Waals surface area contributed by atoms with E-state index in [1.165, 1.54) is 0 Å². The van der Waals surface area contributed by atoms with Crippen molar-refractivity contribution in [3.8, 4) is 11.5 Å². The normalized spacial score (nSPS) is 10.5. The van der Waals surface area contributed by atoms with Gasteiger partial charge in [0.15, 0.2) is 5.82 Å². The fourth-order valence-electron chi connectivity index (χ4n) is 2.46. The summed E-state index contributed by atoms with van der Waals surface area (Å²) >= 11 is 0. The lowest BCUT2D eigenvalue weighted by Crippen LogP contribution is -2.31. The Bertz CT molecular complexity index is 705. The molecule has 0 aliphatic heterocycles. The van der Waals surface area contributed by atoms with Gasteiger partial charge >= 0.3 is 0 Å². The summed E-state index contributed by atoms with van der Waals surface area (Å²) in [6, 6.07) is 6.97. The summed E-state index contributed by atoms with van der Waals surface area (Å²) in [5, 5.41) is 6.57. The Hall–Kier alpha value is -2.70. The van der Waals surface area contributed by atoms with Gasteiger partial charge in [0.1, 0.15) is 0 Å². The number of hydrogen-bond donors (Lipinski definition) is 1. The van der Waals surface area contributed by atoms with Gasteiger partial charge in [-0.2, -0.15) is 4.98 Å². The number of nitrogens with zero attached hydrogens (tertiary/aromatic N) is 3. The maximum atomic E-state index is 12.1. The molecule has 0 aliphatic carbocycles. The van der Waals surface area contributed by atoms with Crippen molar-refractivity contribution in [2.24, 2.45) is 0 Å². The average molecular weight is 344 g/mol. The summed E-state index contributed by atoms with van der Waals surface area (Å²) in [5.74, 6) is 0.956. The number of aryl methyl sites for hydroxylation is 1. The van der Waals surface area contributed by atoms with Crippen LogP contribution in [0.1, 0.15) is 42.9 Å². The predicted octanol–water partition coefficient (Wildman–Crippen LogP) is 2.42. The summed E-state index contributed by atoms with van der Waals surface area (Å²) < 4.78 is 5.09. The minimum Gasteiger partial charge on any atom is -0.352 e. The van der Waals surface area contributed by atoms with Crippen molar-refractivity contribution in [3.63, 3.8) is 0 Å². The standard InChI is InChI=1S/C18H24N4O3/c1-4-22(5-2)16(23)7-6-12-19-17(24)14-8-10-15(11-9-14)18-20-13(3)21-25-18/h8-11H,4-7,12H2,1-3H3,(H,19,24). The first-order valence-corrected chi connectivity index (χ1v) is 8.51. The second kappa shape index (κ2) is 8.96. The zero-order chi connectivity index (χ0) is 18.2. The third kappa shape index (κ3) is 5.14. The summed E-state index contributed by atoms with van der Waals surface area (Å²) in [7, 11) is 0. The van der Waals surface area contributed by atoms with Gasteiger partial charge in [-0.05, 0) is 51.5 Å². The van der Waals surface area contributed by atoms with Crippen LogP contribution in [0.5, 0.6) is 0 Å². The maximum absolute atomic E-state index is 12.1. The number of carbonyl (C=O) groups excluding carboxylic acids is 2. The molecule has 134 valence electrons. The molecule has 1 aromatic carbocycles. The van der Waals surface area contributed by atoms with E-state index in [4.69, 9.17) is 4.52 Å². The minimum absolute atomic E-state index is 0.124. The molecule has 0 radical (unpaired) electrons. The predicted molar refractivity (Wildman–Crippen MR) is 94.0 cm³/mol. The van der Waals surface area contributed by atoms with Crippen LogP contribution in [0.4, 0.5) is 0 Å². The highest BCUT2D eigenvalue weighted by molar-refractivity contribution is 5.94. The molecular weight excluding hydrogens is 320 g/mol. The van der Waals surface area contributed by atoms with Gasteiger partial charge < -0.3 is 14.7 Å². The zero-order valence-electron chi connectivity index (χ0n) is 14.9. The first-order chi connectivity index (χ1) is 12.0. The molecule has 0 saturated heterocycles. The van der Waals surface area contributed by atoms with E-state index < -0.39 is 0 Å². The largest absolute Gasteiger partial charge is 0.352 e. The number of hydrogen-bond acceptors (Lipinski definition) is 5. The molecule has 0 unspecified atom stereocenters. The highest BCUT2D eigenvalue weighted by atomic mass is 16.5. The molecule has 1 heterocycles. The van der Waals surface area contributed by atoms with Crippen LogP contribution in [-0.2, 0) is 4.79 Å². The van der Waals surface area contributed by atoms with Gasteiger partial charge in [-0.25, -0.2) is 0 Å². The van der Waals surface area contributed by atoms with Gasteiger partial charge in [0.25, 0.3) is 11.8 Å². The third-order valence-electron chi connectivity index (χ3n) is 3.89. The fourth-order valence-corrected chi connectivity index (χ4v) is 2.46. The fraction of sp³-hybridized carbons (Fsp3) is 0.444. The second-order valence-corrected chi connectivity index (χ2v) is 5.65. The summed E-state index contributed by atoms with van der Waals surface area (Å²) in [6.07, 6.45) is 1.07. The van der Waals surface area contributed by atoms with E-state index in [1.807, 2.05) is 13.8 Å². The SMILES string of the molecule is CCN(CC)C(=O)CCCNC(=O)c1ccc(-c2nc(C)no2)cc1. The van der Waals surface area contributed by atoms with Crippen molar-refractivity contribution < 1.29 is 14.1 Å². The van der Waals surface area contributed by atoms with Crippen LogP contribution in [-0.4, -0.2) is 46.5 Å². The van der Waals surface area contributed by atoms with Crippen LogP contribution in [0, 0.1) is 6.92 Å². The van der Waals surface area contributed by atoms with E-state index in [0.717, 1.165) is 5.56 Å². The highest BCUT2D eigenvalue weighted by Crippen LogP contribution is 2.17. The Balaban J connectivity index is 1.80. The molecule has 0 aliphatic rings. The minimum atomic E-state index is -0.163. The van der Waals surface area contributed by atoms with Crippen LogP contribution in [0.25, 0.3) is 11.5 Å². The van der Waals surface area contributed by atoms with E-state index in [-0.39, 0.29) is 11.8 Å². The smallest absolute Gasteiger partial charge is 0.257 e. The van der Waals surface area contributed by atoms with E-state index in [1.54, 1.807) is 36.1 Å². The van der Waals surface area contributed by atoms with Crippen molar-refractivity contribution in [3.05, 3.63) is 35.7 Å². The molecular formula is C18H24N4O3. The molecule has 0 spiro atoms. The van der Waals surface area contributed by atoms with E-state index >= 15 is 0 Å². The lowest BCUT2D eigenvalue weighted by atomic mass is 10.1. The molecule has 7 heteroatoms. The third-order valence-corrected chi connectivity index (χ3v) is 3.89. The molecule has 2 rings (SSSR count). The van der Waals surface area contributed by atoms with Crippen LogP contribution < -0.4 is 5.32 Å². The molecule has 1 N–H and O–H groups in total. The molecule has 0 bridgehead atoms. The number of aromatic nitrogens is 2. The van der Waals surface area contributed by atoms with Gasteiger partial charge in [0.05, 0.1) is 0 Å². The van der Waals surface area contributed by atoms with E-state index in [0.29, 0.717) is 49.8 Å². The molecule has 1 aromatic heterocycles. The van der Waals surface area contributed by atoms with Crippen LogP contribution in [0.3, 0.4) is 0 Å². The Morgan fingerprint density at radius 2 is 1.84 bits per heavy atom. The van der Waals surface area contributed by atoms with Gasteiger partial charge in [0, 0.05) is 37.2 Å². The first-order valence-electron chi connectivity index (χ1n) is 8.51. The number of carbonyl (C=O) groups is 2. The van der Waals surface area contributed by atoms with E-state index in [9.17, 15) is 9.59 Å². The summed E-state index contributed by atoms with van der Waals surface area (Å²) in [5.41, 5.74) is 1.32. The highest BCUT2D eigenvalue weighted by Gasteiger charge is 2.11. The lowest BCUT2D eigenvalue weighted by Gasteiger charge is -2.18. The monoisotopic (exact) mass is 344 g/mol.